The van der Waals surface area contributed by atoms with Crippen molar-refractivity contribution in [2.45, 2.75) is 91.1 Å². The Hall–Kier alpha value is -3.75. The van der Waals surface area contributed by atoms with Gasteiger partial charge in [0.2, 0.25) is 0 Å². The van der Waals surface area contributed by atoms with E-state index < -0.39 is 0 Å². The van der Waals surface area contributed by atoms with Crippen molar-refractivity contribution >= 4 is 23.6 Å². The number of benzene rings is 2. The Morgan fingerprint density at radius 2 is 1.70 bits per heavy atom. The second kappa shape index (κ2) is 11.4. The number of anilines is 2. The van der Waals surface area contributed by atoms with Crippen molar-refractivity contribution in [2.75, 3.05) is 10.6 Å². The molecule has 2 aromatic carbocycles. The van der Waals surface area contributed by atoms with Gasteiger partial charge < -0.3 is 10.2 Å². The Bertz CT molecular complexity index is 1320. The maximum absolute atomic E-state index is 14.0. The number of nitrogens with zero attached hydrogens (tertiary/aromatic N) is 4. The first-order valence-electron chi connectivity index (χ1n) is 14.5. The summed E-state index contributed by atoms with van der Waals surface area (Å²) < 4.78 is 0. The molecule has 2 aliphatic rings. The van der Waals surface area contributed by atoms with Crippen molar-refractivity contribution in [3.63, 3.8) is 0 Å². The second-order valence-electron chi connectivity index (χ2n) is 12.6. The number of carbonyl (C=O) groups excluding carboxylic acids is 2. The molecule has 9 nitrogen and oxygen atoms in total. The molecule has 1 atom stereocenters. The fourth-order valence-electron chi connectivity index (χ4n) is 6.33. The lowest BCUT2D eigenvalue weighted by Crippen LogP contribution is -2.47. The van der Waals surface area contributed by atoms with Crippen LogP contribution in [0.3, 0.4) is 0 Å². The Labute approximate surface area is 236 Å². The highest BCUT2D eigenvalue weighted by Crippen LogP contribution is 2.44. The zero-order chi connectivity index (χ0) is 28.4. The molecule has 5 rings (SSSR count). The van der Waals surface area contributed by atoms with Crippen LogP contribution in [0.1, 0.15) is 106 Å². The van der Waals surface area contributed by atoms with Crippen LogP contribution >= 0.6 is 0 Å². The van der Waals surface area contributed by atoms with Crippen LogP contribution in [-0.2, 0) is 6.42 Å². The Morgan fingerprint density at radius 3 is 2.33 bits per heavy atom. The number of carbonyl (C=O) groups is 2. The standard InChI is InChI=1S/C31H41N7O2/c1-19(2)20-6-12-24(13-7-20)32-30(40)38(25-14-10-23(11-15-25)31(3,4)5)27-17-9-21-18-22(8-16-26(21)27)28(39)33-29-34-36-37-35-29/h6-8,12-13,16,18-19,23,25,27H,9-11,14-15,17H2,1-5H3,(H,32,40)(H2,33,34,35,36,37,39). The number of hydrogen-bond donors (Lipinski definition) is 3. The van der Waals surface area contributed by atoms with Crippen LogP contribution in [-0.4, -0.2) is 43.5 Å². The molecule has 1 heterocycles. The molecule has 0 radical (unpaired) electrons. The molecule has 9 heteroatoms. The maximum atomic E-state index is 14.0. The van der Waals surface area contributed by atoms with Crippen molar-refractivity contribution in [1.29, 1.82) is 0 Å². The smallest absolute Gasteiger partial charge is 0.314 e. The molecule has 0 bridgehead atoms. The third kappa shape index (κ3) is 6.03. The molecule has 40 heavy (non-hydrogen) atoms. The van der Waals surface area contributed by atoms with E-state index in [1.807, 2.05) is 30.3 Å². The first-order chi connectivity index (χ1) is 19.1. The number of fused-ring (bicyclic) bond motifs is 1. The summed E-state index contributed by atoms with van der Waals surface area (Å²) in [4.78, 5) is 28.9. The van der Waals surface area contributed by atoms with Gasteiger partial charge in [0.1, 0.15) is 0 Å². The fourth-order valence-corrected chi connectivity index (χ4v) is 6.33. The zero-order valence-corrected chi connectivity index (χ0v) is 24.2. The molecule has 212 valence electrons. The van der Waals surface area contributed by atoms with Crippen LogP contribution in [0.5, 0.6) is 0 Å². The molecule has 3 aromatic rings. The van der Waals surface area contributed by atoms with Gasteiger partial charge in [-0.25, -0.2) is 4.79 Å². The van der Waals surface area contributed by atoms with Gasteiger partial charge in [0, 0.05) is 17.3 Å². The lowest BCUT2D eigenvalue weighted by Gasteiger charge is -2.43. The van der Waals surface area contributed by atoms with Gasteiger partial charge in [0.25, 0.3) is 11.9 Å². The first-order valence-corrected chi connectivity index (χ1v) is 14.5. The van der Waals surface area contributed by atoms with E-state index in [2.05, 4.69) is 82.9 Å². The van der Waals surface area contributed by atoms with Gasteiger partial charge in [-0.1, -0.05) is 57.9 Å². The van der Waals surface area contributed by atoms with E-state index in [1.165, 1.54) is 5.56 Å². The van der Waals surface area contributed by atoms with Crippen LogP contribution in [0.25, 0.3) is 0 Å². The molecule has 3 amide bonds. The fraction of sp³-hybridized carbons (Fsp3) is 0.516. The van der Waals surface area contributed by atoms with Gasteiger partial charge in [0.05, 0.1) is 6.04 Å². The van der Waals surface area contributed by atoms with Gasteiger partial charge in [0.15, 0.2) is 0 Å². The number of tetrazole rings is 1. The number of aromatic amines is 1. The number of urea groups is 1. The minimum atomic E-state index is -0.285. The molecule has 1 saturated carbocycles. The summed E-state index contributed by atoms with van der Waals surface area (Å²) in [5, 5.41) is 19.3. The average molecular weight is 544 g/mol. The number of hydrogen-bond acceptors (Lipinski definition) is 5. The highest BCUT2D eigenvalue weighted by molar-refractivity contribution is 6.03. The third-order valence-corrected chi connectivity index (χ3v) is 8.74. The highest BCUT2D eigenvalue weighted by Gasteiger charge is 2.39. The molecule has 1 unspecified atom stereocenters. The molecule has 3 N–H and O–H groups in total. The number of rotatable bonds is 6. The largest absolute Gasteiger partial charge is 0.322 e. The van der Waals surface area contributed by atoms with E-state index >= 15 is 0 Å². The molecule has 0 spiro atoms. The van der Waals surface area contributed by atoms with E-state index in [9.17, 15) is 9.59 Å². The normalized spacial score (nSPS) is 20.7. The molecular formula is C31H41N7O2. The number of amides is 3. The minimum absolute atomic E-state index is 0.0320. The molecule has 0 saturated heterocycles. The van der Waals surface area contributed by atoms with Crippen LogP contribution in [0, 0.1) is 11.3 Å². The molecule has 1 aromatic heterocycles. The molecule has 1 fully saturated rings. The predicted molar refractivity (Wildman–Crippen MR) is 156 cm³/mol. The van der Waals surface area contributed by atoms with E-state index in [0.29, 0.717) is 17.4 Å². The SMILES string of the molecule is CC(C)c1ccc(NC(=O)N(C2CCC(C(C)(C)C)CC2)C2CCc3cc(C(=O)Nc4nn[nH]n4)ccc32)cc1. The van der Waals surface area contributed by atoms with E-state index in [0.717, 1.165) is 55.3 Å². The summed E-state index contributed by atoms with van der Waals surface area (Å²) in [5.41, 5.74) is 5.10. The summed E-state index contributed by atoms with van der Waals surface area (Å²) in [6.45, 7) is 11.3. The van der Waals surface area contributed by atoms with Gasteiger partial charge in [-0.15, -0.1) is 5.10 Å². The Morgan fingerprint density at radius 1 is 0.975 bits per heavy atom. The minimum Gasteiger partial charge on any atom is -0.314 e. The van der Waals surface area contributed by atoms with Crippen LogP contribution in [0.15, 0.2) is 42.5 Å². The van der Waals surface area contributed by atoms with Gasteiger partial charge in [-0.3, -0.25) is 10.1 Å². The summed E-state index contributed by atoms with van der Waals surface area (Å²) in [5.74, 6) is 0.952. The number of H-pyrrole nitrogens is 1. The van der Waals surface area contributed by atoms with Crippen molar-refractivity contribution in [1.82, 2.24) is 25.5 Å². The van der Waals surface area contributed by atoms with Crippen molar-refractivity contribution < 1.29 is 9.59 Å². The first kappa shape index (κ1) is 27.8. The Balaban J connectivity index is 1.38. The monoisotopic (exact) mass is 543 g/mol. The van der Waals surface area contributed by atoms with Gasteiger partial charge >= 0.3 is 6.03 Å². The quantitative estimate of drug-likeness (QED) is 0.320. The summed E-state index contributed by atoms with van der Waals surface area (Å²) in [7, 11) is 0. The number of nitrogens with one attached hydrogen (secondary N) is 3. The highest BCUT2D eigenvalue weighted by atomic mass is 16.2. The summed E-state index contributed by atoms with van der Waals surface area (Å²) >= 11 is 0. The Kier molecular flexibility index (Phi) is 7.92. The topological polar surface area (TPSA) is 116 Å². The van der Waals surface area contributed by atoms with Crippen LogP contribution in [0.4, 0.5) is 16.4 Å². The van der Waals surface area contributed by atoms with Gasteiger partial charge in [-0.2, -0.15) is 5.21 Å². The lowest BCUT2D eigenvalue weighted by atomic mass is 9.71. The number of aryl methyl sites for hydroxylation is 1. The van der Waals surface area contributed by atoms with Crippen LogP contribution in [0.2, 0.25) is 0 Å². The molecular weight excluding hydrogens is 502 g/mol. The molecule has 0 aliphatic heterocycles. The van der Waals surface area contributed by atoms with E-state index in [4.69, 9.17) is 0 Å². The van der Waals surface area contributed by atoms with Crippen molar-refractivity contribution in [3.05, 3.63) is 64.7 Å². The lowest BCUT2D eigenvalue weighted by molar-refractivity contribution is 0.0913. The van der Waals surface area contributed by atoms with Crippen molar-refractivity contribution in [2.24, 2.45) is 11.3 Å². The zero-order valence-electron chi connectivity index (χ0n) is 24.2. The van der Waals surface area contributed by atoms with Crippen molar-refractivity contribution in [3.8, 4) is 0 Å². The van der Waals surface area contributed by atoms with E-state index in [1.54, 1.807) is 0 Å². The summed E-state index contributed by atoms with van der Waals surface area (Å²) in [6, 6.07) is 14.0. The number of aromatic nitrogens is 4. The van der Waals surface area contributed by atoms with Crippen LogP contribution < -0.4 is 10.6 Å². The summed E-state index contributed by atoms with van der Waals surface area (Å²) in [6.07, 6.45) is 5.89. The maximum Gasteiger partial charge on any atom is 0.322 e. The third-order valence-electron chi connectivity index (χ3n) is 8.74. The predicted octanol–water partition coefficient (Wildman–Crippen LogP) is 6.70. The molecule has 2 aliphatic carbocycles. The average Bonchev–Trinajstić information content (AvgIpc) is 3.59. The van der Waals surface area contributed by atoms with Gasteiger partial charge in [-0.05, 0) is 102 Å². The second-order valence-corrected chi connectivity index (χ2v) is 12.6. The van der Waals surface area contributed by atoms with E-state index in [-0.39, 0.29) is 35.4 Å².